The van der Waals surface area contributed by atoms with Crippen LogP contribution in [0.3, 0.4) is 0 Å². The van der Waals surface area contributed by atoms with Gasteiger partial charge in [-0.3, -0.25) is 38.4 Å². The summed E-state index contributed by atoms with van der Waals surface area (Å²) in [4.78, 5) is 119. The molecule has 6 amide bonds. The van der Waals surface area contributed by atoms with Crippen molar-refractivity contribution in [2.24, 2.45) is 0 Å². The molecule has 4 aromatic rings. The van der Waals surface area contributed by atoms with Crippen LogP contribution in [0.15, 0.2) is 47.3 Å². The van der Waals surface area contributed by atoms with Crippen molar-refractivity contribution < 1.29 is 81.4 Å². The number of cyclic esters (lactones) is 1. The van der Waals surface area contributed by atoms with Gasteiger partial charge in [0.15, 0.2) is 5.60 Å². The Bertz CT molecular complexity index is 3030. The van der Waals surface area contributed by atoms with Gasteiger partial charge in [0.25, 0.3) is 5.56 Å². The Kier molecular flexibility index (Phi) is 21.3. The standard InChI is InChI=1S/C54H65FN8O17/c1-3-54(74)36-22-41-50-34(27-63(41)52(72)35(36)28-80-53(54)73)49-38(10-9-33-31(2)37(55)23-39(62-50)48(33)49)60-46(68)29-79-30-59-44(66)25-58-51(71)40(21-32-7-5-4-6-8-32)61-45(67)26-57-43(65)24-56-42(64)11-13-75-15-17-77-19-20-78-18-16-76-14-12-47(69)70/h4-8,22-23,38,40,74H,3,9-21,24-30H2,1-2H3,(H,56,64)(H,57,65)(H,58,71)(H,59,66)(H,60,68)(H,61,67)(H,69,70)/t38-,40+,54-/m1/s1. The summed E-state index contributed by atoms with van der Waals surface area (Å²) >= 11 is 0. The van der Waals surface area contributed by atoms with Crippen molar-refractivity contribution in [3.05, 3.63) is 97.6 Å². The van der Waals surface area contributed by atoms with Crippen LogP contribution in [0.1, 0.15) is 77.6 Å². The quantitative estimate of drug-likeness (QED) is 0.0161. The van der Waals surface area contributed by atoms with Crippen LogP contribution in [0.2, 0.25) is 0 Å². The zero-order valence-electron chi connectivity index (χ0n) is 44.3. The zero-order chi connectivity index (χ0) is 57.3. The van der Waals surface area contributed by atoms with Crippen LogP contribution in [-0.4, -0.2) is 159 Å². The average molecular weight is 1120 g/mol. The molecule has 430 valence electrons. The van der Waals surface area contributed by atoms with Crippen molar-refractivity contribution in [2.45, 2.75) is 83.2 Å². The molecule has 3 aliphatic rings. The number of rotatable bonds is 31. The number of aryl methyl sites for hydroxylation is 1. The summed E-state index contributed by atoms with van der Waals surface area (Å²) in [7, 11) is 0. The van der Waals surface area contributed by atoms with Crippen molar-refractivity contribution in [1.82, 2.24) is 41.5 Å². The lowest BCUT2D eigenvalue weighted by atomic mass is 9.81. The highest BCUT2D eigenvalue weighted by Gasteiger charge is 2.46. The van der Waals surface area contributed by atoms with Crippen LogP contribution in [0.25, 0.3) is 22.3 Å². The van der Waals surface area contributed by atoms with Gasteiger partial charge < -0.3 is 75.1 Å². The highest BCUT2D eigenvalue weighted by molar-refractivity contribution is 5.95. The normalized spacial score (nSPS) is 16.1. The van der Waals surface area contributed by atoms with E-state index in [1.54, 1.807) is 50.2 Å². The van der Waals surface area contributed by atoms with Gasteiger partial charge in [0, 0.05) is 35.4 Å². The van der Waals surface area contributed by atoms with E-state index >= 15 is 4.39 Å². The SMILES string of the molecule is CC[C@]1(O)C(=O)OCc2c1cc1n(c2=O)Cc2c-1nc1cc(F)c(C)c3c1c2[C@H](NC(=O)COCNC(=O)CNC(=O)[C@H](Cc1ccccc1)NC(=O)CNC(=O)CNC(=O)CCOCCOCCOCCOCCC(=O)O)CC3. The maximum absolute atomic E-state index is 15.4. The number of esters is 1. The number of hydrogen-bond acceptors (Lipinski definition) is 17. The maximum atomic E-state index is 15.4. The predicted octanol–water partition coefficient (Wildman–Crippen LogP) is -0.272. The van der Waals surface area contributed by atoms with Gasteiger partial charge in [-0.25, -0.2) is 14.2 Å². The smallest absolute Gasteiger partial charge is 0.343 e. The minimum atomic E-state index is -2.06. The molecule has 7 rings (SSSR count). The van der Waals surface area contributed by atoms with Gasteiger partial charge in [0.2, 0.25) is 35.4 Å². The molecule has 1 aliphatic carbocycles. The Morgan fingerprint density at radius 1 is 0.787 bits per heavy atom. The summed E-state index contributed by atoms with van der Waals surface area (Å²) in [5.41, 5.74) is 1.81. The number of hydrogen-bond donors (Lipinski definition) is 8. The molecule has 4 heterocycles. The first-order valence-corrected chi connectivity index (χ1v) is 26.1. The Morgan fingerprint density at radius 2 is 1.43 bits per heavy atom. The first-order chi connectivity index (χ1) is 38.5. The number of halogens is 1. The summed E-state index contributed by atoms with van der Waals surface area (Å²) in [6.45, 7) is 2.40. The summed E-state index contributed by atoms with van der Waals surface area (Å²) in [6.07, 6.45) is 0.622. The number of pyridine rings is 2. The number of ether oxygens (including phenoxy) is 6. The molecule has 0 bridgehead atoms. The monoisotopic (exact) mass is 1120 g/mol. The Hall–Kier alpha value is -7.75. The number of nitrogens with one attached hydrogen (secondary N) is 6. The number of carboxylic acid groups (broad SMARTS) is 1. The molecule has 80 heavy (non-hydrogen) atoms. The minimum Gasteiger partial charge on any atom is -0.481 e. The lowest BCUT2D eigenvalue weighted by Gasteiger charge is -2.31. The molecule has 0 saturated heterocycles. The van der Waals surface area contributed by atoms with Crippen LogP contribution in [0.5, 0.6) is 0 Å². The highest BCUT2D eigenvalue weighted by atomic mass is 19.1. The summed E-state index contributed by atoms with van der Waals surface area (Å²) in [6, 6.07) is 9.81. The van der Waals surface area contributed by atoms with E-state index in [4.69, 9.17) is 38.5 Å². The summed E-state index contributed by atoms with van der Waals surface area (Å²) < 4.78 is 48.7. The molecule has 0 fully saturated rings. The average Bonchev–Trinajstić information content (AvgIpc) is 3.94. The number of benzene rings is 2. The molecule has 0 spiro atoms. The number of fused-ring (bicyclic) bond motifs is 5. The second-order valence-electron chi connectivity index (χ2n) is 19.0. The predicted molar refractivity (Wildman–Crippen MR) is 279 cm³/mol. The molecule has 0 unspecified atom stereocenters. The van der Waals surface area contributed by atoms with Gasteiger partial charge in [-0.05, 0) is 54.5 Å². The highest BCUT2D eigenvalue weighted by Crippen LogP contribution is 2.46. The Morgan fingerprint density at radius 3 is 2.11 bits per heavy atom. The molecule has 2 aromatic heterocycles. The van der Waals surface area contributed by atoms with Crippen molar-refractivity contribution in [3.8, 4) is 11.4 Å². The number of carbonyl (C=O) groups is 8. The molecule has 2 aliphatic heterocycles. The third-order valence-electron chi connectivity index (χ3n) is 13.6. The van der Waals surface area contributed by atoms with Crippen molar-refractivity contribution in [3.63, 3.8) is 0 Å². The second kappa shape index (κ2) is 28.4. The van der Waals surface area contributed by atoms with Crippen molar-refractivity contribution >= 4 is 58.3 Å². The van der Waals surface area contributed by atoms with E-state index in [0.717, 1.165) is 5.56 Å². The van der Waals surface area contributed by atoms with Gasteiger partial charge >= 0.3 is 11.9 Å². The van der Waals surface area contributed by atoms with Gasteiger partial charge in [0.05, 0.1) is 114 Å². The third-order valence-corrected chi connectivity index (χ3v) is 13.6. The van der Waals surface area contributed by atoms with E-state index in [0.29, 0.717) is 77.2 Å². The number of amides is 6. The van der Waals surface area contributed by atoms with E-state index in [1.807, 2.05) is 0 Å². The number of aromatic nitrogens is 2. The van der Waals surface area contributed by atoms with Gasteiger partial charge in [-0.1, -0.05) is 37.3 Å². The fourth-order valence-corrected chi connectivity index (χ4v) is 9.46. The largest absolute Gasteiger partial charge is 0.481 e. The minimum absolute atomic E-state index is 0.0324. The van der Waals surface area contributed by atoms with Gasteiger partial charge in [-0.15, -0.1) is 0 Å². The number of aliphatic hydroxyl groups is 1. The van der Waals surface area contributed by atoms with E-state index in [-0.39, 0.29) is 83.0 Å². The van der Waals surface area contributed by atoms with Crippen LogP contribution >= 0.6 is 0 Å². The molecular weight excluding hydrogens is 1050 g/mol. The topological polar surface area (TPSA) is 339 Å². The molecule has 8 N–H and O–H groups in total. The molecular formula is C54H65FN8O17. The number of nitrogens with zero attached hydrogens (tertiary/aromatic N) is 2. The Labute approximate surface area is 457 Å². The second-order valence-corrected chi connectivity index (χ2v) is 19.0. The van der Waals surface area contributed by atoms with Crippen LogP contribution in [0, 0.1) is 12.7 Å². The number of aliphatic carboxylic acids is 1. The summed E-state index contributed by atoms with van der Waals surface area (Å²) in [5.74, 6) is -6.09. The van der Waals surface area contributed by atoms with Gasteiger partial charge in [-0.2, -0.15) is 0 Å². The van der Waals surface area contributed by atoms with E-state index in [2.05, 4.69) is 31.9 Å². The number of carboxylic acids is 1. The van der Waals surface area contributed by atoms with E-state index in [1.165, 1.54) is 10.6 Å². The molecule has 25 nitrogen and oxygen atoms in total. The fraction of sp³-hybridized carbons (Fsp3) is 0.481. The molecule has 0 saturated carbocycles. The lowest BCUT2D eigenvalue weighted by Crippen LogP contribution is -2.52. The summed E-state index contributed by atoms with van der Waals surface area (Å²) in [5, 5.41) is 35.9. The van der Waals surface area contributed by atoms with E-state index in [9.17, 15) is 48.3 Å². The molecule has 0 radical (unpaired) electrons. The van der Waals surface area contributed by atoms with Crippen molar-refractivity contribution in [1.29, 1.82) is 0 Å². The zero-order valence-corrected chi connectivity index (χ0v) is 44.3. The fourth-order valence-electron chi connectivity index (χ4n) is 9.46. The van der Waals surface area contributed by atoms with E-state index < -0.39 is 109 Å². The van der Waals surface area contributed by atoms with Crippen LogP contribution in [-0.2, 0) is 98.4 Å². The lowest BCUT2D eigenvalue weighted by molar-refractivity contribution is -0.172. The van der Waals surface area contributed by atoms with Crippen LogP contribution in [0.4, 0.5) is 4.39 Å². The first kappa shape index (κ1) is 59.9. The van der Waals surface area contributed by atoms with Crippen LogP contribution < -0.4 is 37.5 Å². The van der Waals surface area contributed by atoms with Gasteiger partial charge in [0.1, 0.15) is 31.8 Å². The number of carbonyl (C=O) groups excluding carboxylic acids is 7. The van der Waals surface area contributed by atoms with Crippen molar-refractivity contribution in [2.75, 3.05) is 85.8 Å². The molecule has 26 heteroatoms. The molecule has 2 aromatic carbocycles. The third kappa shape index (κ3) is 15.3. The Balaban J connectivity index is 0.827. The first-order valence-electron chi connectivity index (χ1n) is 26.1. The maximum Gasteiger partial charge on any atom is 0.343 e. The molecule has 3 atom stereocenters.